The number of nitrogens with one attached hydrogen (secondary N) is 2. The molecule has 0 spiro atoms. The lowest BCUT2D eigenvalue weighted by atomic mass is 10.1. The highest BCUT2D eigenvalue weighted by molar-refractivity contribution is 5.87. The van der Waals surface area contributed by atoms with E-state index in [2.05, 4.69) is 10.6 Å². The van der Waals surface area contributed by atoms with Crippen LogP contribution >= 0.6 is 0 Å². The maximum atomic E-state index is 11.8. The van der Waals surface area contributed by atoms with Crippen LogP contribution in [-0.2, 0) is 20.9 Å². The van der Waals surface area contributed by atoms with Crippen LogP contribution in [0.25, 0.3) is 0 Å². The first-order valence-electron chi connectivity index (χ1n) is 6.99. The number of ether oxygens (including phenoxy) is 1. The van der Waals surface area contributed by atoms with Gasteiger partial charge in [0.2, 0.25) is 5.91 Å². The van der Waals surface area contributed by atoms with E-state index in [0.29, 0.717) is 12.8 Å². The zero-order valence-corrected chi connectivity index (χ0v) is 12.4. The van der Waals surface area contributed by atoms with Gasteiger partial charge < -0.3 is 20.5 Å². The molecule has 1 aromatic rings. The van der Waals surface area contributed by atoms with Gasteiger partial charge >= 0.3 is 12.1 Å². The van der Waals surface area contributed by atoms with Gasteiger partial charge in [-0.2, -0.15) is 0 Å². The van der Waals surface area contributed by atoms with Gasteiger partial charge in [-0.25, -0.2) is 4.79 Å². The number of alkyl carbamates (subject to hydrolysis) is 1. The summed E-state index contributed by atoms with van der Waals surface area (Å²) in [4.78, 5) is 34.0. The van der Waals surface area contributed by atoms with E-state index in [1.165, 1.54) is 0 Å². The Hall–Kier alpha value is -2.57. The van der Waals surface area contributed by atoms with E-state index in [0.717, 1.165) is 5.56 Å². The van der Waals surface area contributed by atoms with Crippen molar-refractivity contribution >= 4 is 18.0 Å². The third-order valence-electron chi connectivity index (χ3n) is 2.81. The molecule has 0 radical (unpaired) electrons. The summed E-state index contributed by atoms with van der Waals surface area (Å²) in [5, 5.41) is 13.2. The highest BCUT2D eigenvalue weighted by atomic mass is 16.5. The quantitative estimate of drug-likeness (QED) is 0.671. The summed E-state index contributed by atoms with van der Waals surface area (Å²) in [7, 11) is 0. The van der Waals surface area contributed by atoms with E-state index in [9.17, 15) is 14.4 Å². The van der Waals surface area contributed by atoms with Gasteiger partial charge in [-0.15, -0.1) is 0 Å². The Labute approximate surface area is 128 Å². The first-order chi connectivity index (χ1) is 10.5. The average molecular weight is 308 g/mol. The molecule has 0 aliphatic carbocycles. The Kier molecular flexibility index (Phi) is 7.45. The lowest BCUT2D eigenvalue weighted by Gasteiger charge is -2.17. The van der Waals surface area contributed by atoms with E-state index in [-0.39, 0.29) is 6.61 Å². The molecule has 0 aliphatic rings. The van der Waals surface area contributed by atoms with Gasteiger partial charge in [0.15, 0.2) is 0 Å². The van der Waals surface area contributed by atoms with Gasteiger partial charge in [-0.1, -0.05) is 43.7 Å². The number of hydrogen-bond donors (Lipinski definition) is 3. The van der Waals surface area contributed by atoms with Crippen LogP contribution in [0.1, 0.15) is 25.3 Å². The molecule has 22 heavy (non-hydrogen) atoms. The van der Waals surface area contributed by atoms with E-state index in [4.69, 9.17) is 9.84 Å². The Bertz CT molecular complexity index is 504. The van der Waals surface area contributed by atoms with Crippen molar-refractivity contribution in [3.63, 3.8) is 0 Å². The molecule has 7 nitrogen and oxygen atoms in total. The van der Waals surface area contributed by atoms with Gasteiger partial charge in [0, 0.05) is 0 Å². The molecule has 0 fully saturated rings. The summed E-state index contributed by atoms with van der Waals surface area (Å²) < 4.78 is 5.03. The Morgan fingerprint density at radius 2 is 1.91 bits per heavy atom. The summed E-state index contributed by atoms with van der Waals surface area (Å²) >= 11 is 0. The zero-order valence-electron chi connectivity index (χ0n) is 12.4. The SMILES string of the molecule is CCC[C@H](NC(=O)OCc1ccccc1)C(=O)NCC(=O)O. The molecule has 7 heteroatoms. The van der Waals surface area contributed by atoms with Crippen molar-refractivity contribution in [1.29, 1.82) is 0 Å². The Morgan fingerprint density at radius 3 is 2.50 bits per heavy atom. The molecular weight excluding hydrogens is 288 g/mol. The molecule has 0 aromatic heterocycles. The Balaban J connectivity index is 2.45. The summed E-state index contributed by atoms with van der Waals surface area (Å²) in [6, 6.07) is 8.33. The number of carboxylic acids is 1. The van der Waals surface area contributed by atoms with E-state index in [1.54, 1.807) is 0 Å². The third-order valence-corrected chi connectivity index (χ3v) is 2.81. The fourth-order valence-electron chi connectivity index (χ4n) is 1.75. The van der Waals surface area contributed by atoms with Gasteiger partial charge in [0.25, 0.3) is 0 Å². The number of carbonyl (C=O) groups is 3. The smallest absolute Gasteiger partial charge is 0.408 e. The fourth-order valence-corrected chi connectivity index (χ4v) is 1.75. The number of amides is 2. The normalized spacial score (nSPS) is 11.3. The maximum absolute atomic E-state index is 11.8. The van der Waals surface area contributed by atoms with Crippen LogP contribution in [0.4, 0.5) is 4.79 Å². The predicted octanol–water partition coefficient (Wildman–Crippen LogP) is 1.28. The fraction of sp³-hybridized carbons (Fsp3) is 0.400. The van der Waals surface area contributed by atoms with Crippen LogP contribution in [-0.4, -0.2) is 35.7 Å². The molecule has 0 unspecified atom stereocenters. The molecule has 1 atom stereocenters. The summed E-state index contributed by atoms with van der Waals surface area (Å²) in [6.07, 6.45) is 0.337. The van der Waals surface area contributed by atoms with Crippen LogP contribution in [0.15, 0.2) is 30.3 Å². The number of rotatable bonds is 8. The maximum Gasteiger partial charge on any atom is 0.408 e. The van der Waals surface area contributed by atoms with Crippen molar-refractivity contribution in [3.05, 3.63) is 35.9 Å². The molecule has 120 valence electrons. The van der Waals surface area contributed by atoms with Crippen molar-refractivity contribution < 1.29 is 24.2 Å². The summed E-state index contributed by atoms with van der Waals surface area (Å²) in [5.41, 5.74) is 0.833. The molecule has 1 rings (SSSR count). The van der Waals surface area contributed by atoms with Crippen molar-refractivity contribution in [2.75, 3.05) is 6.54 Å². The van der Waals surface area contributed by atoms with E-state index in [1.807, 2.05) is 37.3 Å². The largest absolute Gasteiger partial charge is 0.480 e. The van der Waals surface area contributed by atoms with Gasteiger partial charge in [0.05, 0.1) is 0 Å². The molecule has 0 saturated carbocycles. The zero-order chi connectivity index (χ0) is 16.4. The second kappa shape index (κ2) is 9.38. The number of carboxylic acid groups (broad SMARTS) is 1. The molecule has 2 amide bonds. The molecule has 0 heterocycles. The standard InChI is InChI=1S/C15H20N2O5/c1-2-6-12(14(20)16-9-13(18)19)17-15(21)22-10-11-7-4-3-5-8-11/h3-5,7-8,12H,2,6,9-10H2,1H3,(H,16,20)(H,17,21)(H,18,19)/t12-/m0/s1. The lowest BCUT2D eigenvalue weighted by molar-refractivity contribution is -0.138. The minimum atomic E-state index is -1.14. The first-order valence-corrected chi connectivity index (χ1v) is 6.99. The lowest BCUT2D eigenvalue weighted by Crippen LogP contribution is -2.47. The van der Waals surface area contributed by atoms with Crippen molar-refractivity contribution in [1.82, 2.24) is 10.6 Å². The first kappa shape index (κ1) is 17.5. The molecule has 3 N–H and O–H groups in total. The number of hydrogen-bond acceptors (Lipinski definition) is 4. The molecule has 0 aliphatic heterocycles. The molecule has 0 bridgehead atoms. The number of benzene rings is 1. The monoisotopic (exact) mass is 308 g/mol. The van der Waals surface area contributed by atoms with Crippen LogP contribution in [0.5, 0.6) is 0 Å². The number of carbonyl (C=O) groups excluding carboxylic acids is 2. The summed E-state index contributed by atoms with van der Waals surface area (Å²) in [6.45, 7) is 1.47. The van der Waals surface area contributed by atoms with E-state index < -0.39 is 30.6 Å². The number of aliphatic carboxylic acids is 1. The van der Waals surface area contributed by atoms with Crippen molar-refractivity contribution in [2.24, 2.45) is 0 Å². The van der Waals surface area contributed by atoms with Crippen molar-refractivity contribution in [2.45, 2.75) is 32.4 Å². The highest BCUT2D eigenvalue weighted by Gasteiger charge is 2.20. The molecule has 1 aromatic carbocycles. The minimum absolute atomic E-state index is 0.0995. The van der Waals surface area contributed by atoms with Crippen molar-refractivity contribution in [3.8, 4) is 0 Å². The van der Waals surface area contributed by atoms with Crippen LogP contribution in [0, 0.1) is 0 Å². The molecule has 0 saturated heterocycles. The van der Waals surface area contributed by atoms with E-state index >= 15 is 0 Å². The topological polar surface area (TPSA) is 105 Å². The van der Waals surface area contributed by atoms with Crippen LogP contribution in [0.3, 0.4) is 0 Å². The highest BCUT2D eigenvalue weighted by Crippen LogP contribution is 2.02. The van der Waals surface area contributed by atoms with Crippen LogP contribution < -0.4 is 10.6 Å². The second-order valence-corrected chi connectivity index (χ2v) is 4.66. The second-order valence-electron chi connectivity index (χ2n) is 4.66. The summed E-state index contributed by atoms with van der Waals surface area (Å²) in [5.74, 6) is -1.68. The third kappa shape index (κ3) is 6.74. The average Bonchev–Trinajstić information content (AvgIpc) is 2.51. The van der Waals surface area contributed by atoms with Crippen LogP contribution in [0.2, 0.25) is 0 Å². The molecular formula is C15H20N2O5. The van der Waals surface area contributed by atoms with Gasteiger partial charge in [-0.05, 0) is 12.0 Å². The van der Waals surface area contributed by atoms with Gasteiger partial charge in [-0.3, -0.25) is 9.59 Å². The minimum Gasteiger partial charge on any atom is -0.480 e. The van der Waals surface area contributed by atoms with Gasteiger partial charge in [0.1, 0.15) is 19.2 Å². The Morgan fingerprint density at radius 1 is 1.23 bits per heavy atom. The predicted molar refractivity (Wildman–Crippen MR) is 79.1 cm³/mol.